The van der Waals surface area contributed by atoms with Crippen molar-refractivity contribution in [1.82, 2.24) is 4.98 Å². The number of anilines is 1. The highest BCUT2D eigenvalue weighted by Gasteiger charge is 2.11. The van der Waals surface area contributed by atoms with E-state index in [9.17, 15) is 0 Å². The number of methoxy groups -OCH3 is 2. The predicted octanol–water partition coefficient (Wildman–Crippen LogP) is 3.55. The Morgan fingerprint density at radius 3 is 2.33 bits per heavy atom. The summed E-state index contributed by atoms with van der Waals surface area (Å²) in [6.07, 6.45) is 0. The van der Waals surface area contributed by atoms with Crippen LogP contribution in [-0.4, -0.2) is 26.3 Å². The highest BCUT2D eigenvalue weighted by molar-refractivity contribution is 5.80. The molecule has 1 aromatic heterocycles. The van der Waals surface area contributed by atoms with Crippen molar-refractivity contribution >= 4 is 16.8 Å². The number of fused-ring (bicyclic) bond motifs is 1. The third-order valence-corrected chi connectivity index (χ3v) is 3.28. The van der Waals surface area contributed by atoms with Gasteiger partial charge in [-0.05, 0) is 24.3 Å². The van der Waals surface area contributed by atoms with Gasteiger partial charge in [0.1, 0.15) is 17.0 Å². The second-order valence-electron chi connectivity index (χ2n) is 4.55. The molecule has 108 valence electrons. The van der Waals surface area contributed by atoms with Crippen LogP contribution in [0, 0.1) is 0 Å². The molecule has 0 amide bonds. The third kappa shape index (κ3) is 2.50. The molecule has 5 heteroatoms. The average molecular weight is 284 g/mol. The zero-order valence-electron chi connectivity index (χ0n) is 12.1. The molecular weight excluding hydrogens is 268 g/mol. The minimum Gasteiger partial charge on any atom is -0.497 e. The fourth-order valence-corrected chi connectivity index (χ4v) is 2.13. The molecule has 5 nitrogen and oxygen atoms in total. The lowest BCUT2D eigenvalue weighted by molar-refractivity contribution is 0.394. The largest absolute Gasteiger partial charge is 0.497 e. The summed E-state index contributed by atoms with van der Waals surface area (Å²) in [5.41, 5.74) is 3.34. The fourth-order valence-electron chi connectivity index (χ4n) is 2.13. The zero-order valence-corrected chi connectivity index (χ0v) is 12.1. The maximum Gasteiger partial charge on any atom is 0.227 e. The lowest BCUT2D eigenvalue weighted by Gasteiger charge is -2.05. The Balaban J connectivity index is 2.11. The van der Waals surface area contributed by atoms with Crippen LogP contribution < -0.4 is 14.8 Å². The summed E-state index contributed by atoms with van der Waals surface area (Å²) in [5, 5.41) is 3.08. The monoisotopic (exact) mass is 284 g/mol. The first-order chi connectivity index (χ1) is 10.2. The lowest BCUT2D eigenvalue weighted by Crippen LogP contribution is -1.88. The van der Waals surface area contributed by atoms with Crippen LogP contribution in [0.2, 0.25) is 0 Å². The second kappa shape index (κ2) is 5.36. The third-order valence-electron chi connectivity index (χ3n) is 3.28. The quantitative estimate of drug-likeness (QED) is 0.794. The number of rotatable bonds is 4. The van der Waals surface area contributed by atoms with Crippen molar-refractivity contribution in [2.75, 3.05) is 26.6 Å². The van der Waals surface area contributed by atoms with Crippen molar-refractivity contribution in [3.05, 3.63) is 36.4 Å². The van der Waals surface area contributed by atoms with E-state index < -0.39 is 0 Å². The molecule has 21 heavy (non-hydrogen) atoms. The van der Waals surface area contributed by atoms with E-state index in [1.54, 1.807) is 14.2 Å². The molecule has 1 heterocycles. The summed E-state index contributed by atoms with van der Waals surface area (Å²) < 4.78 is 16.4. The Hall–Kier alpha value is -2.69. The average Bonchev–Trinajstić information content (AvgIpc) is 2.97. The molecule has 0 bridgehead atoms. The van der Waals surface area contributed by atoms with Crippen LogP contribution in [0.1, 0.15) is 0 Å². The van der Waals surface area contributed by atoms with Crippen molar-refractivity contribution < 1.29 is 13.9 Å². The van der Waals surface area contributed by atoms with Gasteiger partial charge in [-0.15, -0.1) is 0 Å². The number of aromatic nitrogens is 1. The molecular formula is C16H16N2O3. The fraction of sp³-hybridized carbons (Fsp3) is 0.188. The van der Waals surface area contributed by atoms with Gasteiger partial charge in [0.15, 0.2) is 5.58 Å². The van der Waals surface area contributed by atoms with Crippen molar-refractivity contribution in [3.63, 3.8) is 0 Å². The van der Waals surface area contributed by atoms with E-state index in [0.717, 1.165) is 22.4 Å². The Kier molecular flexibility index (Phi) is 3.39. The van der Waals surface area contributed by atoms with E-state index >= 15 is 0 Å². The van der Waals surface area contributed by atoms with Crippen molar-refractivity contribution in [1.29, 1.82) is 0 Å². The first-order valence-electron chi connectivity index (χ1n) is 6.55. The molecule has 3 rings (SSSR count). The summed E-state index contributed by atoms with van der Waals surface area (Å²) in [7, 11) is 5.10. The van der Waals surface area contributed by atoms with Crippen LogP contribution in [0.25, 0.3) is 22.6 Å². The SMILES string of the molecule is CNc1ccc2nc(-c3cc(OC)cc(OC)c3)oc2c1. The normalized spacial score (nSPS) is 10.6. The van der Waals surface area contributed by atoms with Crippen LogP contribution in [0.4, 0.5) is 5.69 Å². The molecule has 2 aromatic carbocycles. The van der Waals surface area contributed by atoms with Gasteiger partial charge >= 0.3 is 0 Å². The maximum absolute atomic E-state index is 5.83. The Morgan fingerprint density at radius 1 is 1.00 bits per heavy atom. The van der Waals surface area contributed by atoms with Crippen molar-refractivity contribution in [2.24, 2.45) is 0 Å². The molecule has 3 aromatic rings. The molecule has 0 saturated carbocycles. The predicted molar refractivity (Wildman–Crippen MR) is 82.1 cm³/mol. The maximum atomic E-state index is 5.83. The number of nitrogens with zero attached hydrogens (tertiary/aromatic N) is 1. The van der Waals surface area contributed by atoms with Crippen LogP contribution in [0.15, 0.2) is 40.8 Å². The van der Waals surface area contributed by atoms with Gasteiger partial charge in [-0.1, -0.05) is 0 Å². The first-order valence-corrected chi connectivity index (χ1v) is 6.55. The van der Waals surface area contributed by atoms with Crippen molar-refractivity contribution in [3.8, 4) is 23.0 Å². The Bertz CT molecular complexity index is 758. The van der Waals surface area contributed by atoms with Crippen LogP contribution in [0.5, 0.6) is 11.5 Å². The highest BCUT2D eigenvalue weighted by Crippen LogP contribution is 2.31. The molecule has 0 aliphatic rings. The number of oxazole rings is 1. The van der Waals surface area contributed by atoms with Gasteiger partial charge in [-0.2, -0.15) is 0 Å². The molecule has 0 saturated heterocycles. The van der Waals surface area contributed by atoms with Gasteiger partial charge in [-0.25, -0.2) is 4.98 Å². The summed E-state index contributed by atoms with van der Waals surface area (Å²) >= 11 is 0. The number of hydrogen-bond donors (Lipinski definition) is 1. The number of benzene rings is 2. The molecule has 0 atom stereocenters. The molecule has 0 spiro atoms. The Labute approximate surface area is 122 Å². The minimum atomic E-state index is 0.537. The van der Waals surface area contributed by atoms with Gasteiger partial charge in [-0.3, -0.25) is 0 Å². The van der Waals surface area contributed by atoms with Crippen LogP contribution in [-0.2, 0) is 0 Å². The summed E-state index contributed by atoms with van der Waals surface area (Å²) in [6.45, 7) is 0. The van der Waals surface area contributed by atoms with Gasteiger partial charge in [0, 0.05) is 30.4 Å². The molecule has 0 radical (unpaired) electrons. The van der Waals surface area contributed by atoms with E-state index in [-0.39, 0.29) is 0 Å². The van der Waals surface area contributed by atoms with Gasteiger partial charge < -0.3 is 19.2 Å². The van der Waals surface area contributed by atoms with Crippen LogP contribution >= 0.6 is 0 Å². The van der Waals surface area contributed by atoms with Gasteiger partial charge in [0.2, 0.25) is 5.89 Å². The van der Waals surface area contributed by atoms with E-state index in [4.69, 9.17) is 13.9 Å². The summed E-state index contributed by atoms with van der Waals surface area (Å²) in [5.74, 6) is 1.93. The molecule has 0 fully saturated rings. The highest BCUT2D eigenvalue weighted by atomic mass is 16.5. The van der Waals surface area contributed by atoms with E-state index in [1.165, 1.54) is 0 Å². The number of ether oxygens (including phenoxy) is 2. The minimum absolute atomic E-state index is 0.537. The second-order valence-corrected chi connectivity index (χ2v) is 4.55. The molecule has 0 aliphatic heterocycles. The van der Waals surface area contributed by atoms with E-state index in [1.807, 2.05) is 43.4 Å². The smallest absolute Gasteiger partial charge is 0.227 e. The number of nitrogens with one attached hydrogen (secondary N) is 1. The molecule has 0 unspecified atom stereocenters. The topological polar surface area (TPSA) is 56.5 Å². The first kappa shape index (κ1) is 13.3. The van der Waals surface area contributed by atoms with Gasteiger partial charge in [0.25, 0.3) is 0 Å². The number of hydrogen-bond acceptors (Lipinski definition) is 5. The molecule has 1 N–H and O–H groups in total. The van der Waals surface area contributed by atoms with E-state index in [2.05, 4.69) is 10.3 Å². The lowest BCUT2D eigenvalue weighted by atomic mass is 10.2. The van der Waals surface area contributed by atoms with E-state index in [0.29, 0.717) is 17.4 Å². The van der Waals surface area contributed by atoms with Crippen LogP contribution in [0.3, 0.4) is 0 Å². The van der Waals surface area contributed by atoms with Crippen molar-refractivity contribution in [2.45, 2.75) is 0 Å². The molecule has 0 aliphatic carbocycles. The standard InChI is InChI=1S/C16H16N2O3/c1-17-11-4-5-14-15(8-11)21-16(18-14)10-6-12(19-2)9-13(7-10)20-3/h4-9,17H,1-3H3. The van der Waals surface area contributed by atoms with Gasteiger partial charge in [0.05, 0.1) is 14.2 Å². The summed E-state index contributed by atoms with van der Waals surface area (Å²) in [6, 6.07) is 11.3. The zero-order chi connectivity index (χ0) is 14.8. The Morgan fingerprint density at radius 2 is 1.71 bits per heavy atom. The summed E-state index contributed by atoms with van der Waals surface area (Å²) in [4.78, 5) is 4.50.